The average Bonchev–Trinajstić information content (AvgIpc) is 2.77. The Balaban J connectivity index is 1.45. The van der Waals surface area contributed by atoms with Crippen molar-refractivity contribution in [3.63, 3.8) is 0 Å². The van der Waals surface area contributed by atoms with Gasteiger partial charge in [-0.3, -0.25) is 9.69 Å². The second kappa shape index (κ2) is 12.1. The number of likely N-dealkylation sites (tertiary alicyclic amines) is 1. The molecule has 1 fully saturated rings. The van der Waals surface area contributed by atoms with E-state index in [-0.39, 0.29) is 12.2 Å². The van der Waals surface area contributed by atoms with Gasteiger partial charge in [-0.25, -0.2) is 0 Å². The van der Waals surface area contributed by atoms with Crippen LogP contribution in [-0.2, 0) is 20.9 Å². The molecule has 0 aromatic heterocycles. The van der Waals surface area contributed by atoms with E-state index in [0.29, 0.717) is 19.6 Å². The van der Waals surface area contributed by atoms with Gasteiger partial charge in [-0.2, -0.15) is 0 Å². The van der Waals surface area contributed by atoms with Crippen LogP contribution in [0.5, 0.6) is 0 Å². The molecule has 1 saturated heterocycles. The number of rotatable bonds is 10. The normalized spacial score (nSPS) is 17.1. The maximum atomic E-state index is 11.5. The van der Waals surface area contributed by atoms with Gasteiger partial charge in [-0.1, -0.05) is 48.0 Å². The fraction of sp³-hybridized carbons (Fsp3) is 0.480. The van der Waals surface area contributed by atoms with Crippen molar-refractivity contribution in [1.29, 1.82) is 0 Å². The minimum Gasteiger partial charge on any atom is -0.466 e. The van der Waals surface area contributed by atoms with E-state index in [0.717, 1.165) is 42.9 Å². The van der Waals surface area contributed by atoms with Crippen molar-refractivity contribution in [2.75, 3.05) is 19.7 Å². The van der Waals surface area contributed by atoms with E-state index in [1.165, 1.54) is 24.0 Å². The zero-order valence-corrected chi connectivity index (χ0v) is 18.6. The third kappa shape index (κ3) is 7.12. The standard InChI is InChI=1S/C25H32ClNO3/c1-2-29-25(28)8-4-6-18-27-17-5-3-7-24(27)30-19-20-9-11-21(12-10-20)22-13-15-23(26)16-14-22/h9-16,24H,2-8,17-19H2,1H3. The summed E-state index contributed by atoms with van der Waals surface area (Å²) in [5.41, 5.74) is 3.52. The molecule has 0 bridgehead atoms. The largest absolute Gasteiger partial charge is 0.466 e. The lowest BCUT2D eigenvalue weighted by Crippen LogP contribution is -2.41. The first-order valence-corrected chi connectivity index (χ1v) is 11.4. The van der Waals surface area contributed by atoms with Crippen molar-refractivity contribution >= 4 is 17.6 Å². The number of piperidine rings is 1. The van der Waals surface area contributed by atoms with Crippen molar-refractivity contribution in [3.8, 4) is 11.1 Å². The summed E-state index contributed by atoms with van der Waals surface area (Å²) in [5, 5.41) is 0.752. The maximum absolute atomic E-state index is 11.5. The number of ether oxygens (including phenoxy) is 2. The summed E-state index contributed by atoms with van der Waals surface area (Å²) < 4.78 is 11.3. The van der Waals surface area contributed by atoms with Crippen LogP contribution >= 0.6 is 11.6 Å². The van der Waals surface area contributed by atoms with E-state index in [2.05, 4.69) is 29.2 Å². The summed E-state index contributed by atoms with van der Waals surface area (Å²) in [6.07, 6.45) is 6.03. The Bertz CT molecular complexity index is 776. The molecule has 5 heteroatoms. The molecule has 1 unspecified atom stereocenters. The van der Waals surface area contributed by atoms with Crippen molar-refractivity contribution in [2.24, 2.45) is 0 Å². The quantitative estimate of drug-likeness (QED) is 0.339. The number of hydrogen-bond donors (Lipinski definition) is 0. The first kappa shape index (κ1) is 22.8. The molecule has 2 aromatic rings. The number of unbranched alkanes of at least 4 members (excludes halogenated alkanes) is 1. The van der Waals surface area contributed by atoms with E-state index in [4.69, 9.17) is 21.1 Å². The molecule has 0 spiro atoms. The SMILES string of the molecule is CCOC(=O)CCCCN1CCCCC1OCc1ccc(-c2ccc(Cl)cc2)cc1. The number of nitrogens with zero attached hydrogens (tertiary/aromatic N) is 1. The number of halogens is 1. The zero-order chi connectivity index (χ0) is 21.2. The Morgan fingerprint density at radius 1 is 1.03 bits per heavy atom. The molecule has 0 amide bonds. The summed E-state index contributed by atoms with van der Waals surface area (Å²) in [5.74, 6) is -0.0917. The Kier molecular flexibility index (Phi) is 9.19. The summed E-state index contributed by atoms with van der Waals surface area (Å²) in [6, 6.07) is 16.4. The molecule has 162 valence electrons. The van der Waals surface area contributed by atoms with Crippen LogP contribution in [0.4, 0.5) is 0 Å². The second-order valence-corrected chi connectivity index (χ2v) is 8.20. The minimum absolute atomic E-state index is 0.0917. The van der Waals surface area contributed by atoms with Gasteiger partial charge in [0.25, 0.3) is 0 Å². The van der Waals surface area contributed by atoms with Gasteiger partial charge in [0.1, 0.15) is 6.23 Å². The number of esters is 1. The average molecular weight is 430 g/mol. The monoisotopic (exact) mass is 429 g/mol. The van der Waals surface area contributed by atoms with Crippen LogP contribution in [-0.4, -0.2) is 36.8 Å². The van der Waals surface area contributed by atoms with Crippen molar-refractivity contribution in [2.45, 2.75) is 58.3 Å². The molecule has 0 saturated carbocycles. The van der Waals surface area contributed by atoms with Gasteiger partial charge in [-0.15, -0.1) is 0 Å². The minimum atomic E-state index is -0.0917. The van der Waals surface area contributed by atoms with Gasteiger partial charge in [0.15, 0.2) is 0 Å². The van der Waals surface area contributed by atoms with Gasteiger partial charge < -0.3 is 9.47 Å². The summed E-state index contributed by atoms with van der Waals surface area (Å²) in [7, 11) is 0. The Morgan fingerprint density at radius 3 is 2.43 bits per heavy atom. The Hall–Kier alpha value is -1.88. The lowest BCUT2D eigenvalue weighted by Gasteiger charge is -2.35. The topological polar surface area (TPSA) is 38.8 Å². The highest BCUT2D eigenvalue weighted by Gasteiger charge is 2.22. The van der Waals surface area contributed by atoms with Gasteiger partial charge in [0.2, 0.25) is 0 Å². The van der Waals surface area contributed by atoms with Crippen LogP contribution < -0.4 is 0 Å². The van der Waals surface area contributed by atoms with Crippen molar-refractivity contribution < 1.29 is 14.3 Å². The third-order valence-electron chi connectivity index (χ3n) is 5.51. The second-order valence-electron chi connectivity index (χ2n) is 7.76. The van der Waals surface area contributed by atoms with E-state index < -0.39 is 0 Å². The molecule has 30 heavy (non-hydrogen) atoms. The lowest BCUT2D eigenvalue weighted by molar-refractivity contribution is -0.143. The molecule has 1 aliphatic rings. The van der Waals surface area contributed by atoms with Crippen LogP contribution in [0.3, 0.4) is 0 Å². The highest BCUT2D eigenvalue weighted by molar-refractivity contribution is 6.30. The highest BCUT2D eigenvalue weighted by Crippen LogP contribution is 2.23. The van der Waals surface area contributed by atoms with Gasteiger partial charge in [0, 0.05) is 24.5 Å². The molecule has 2 aromatic carbocycles. The fourth-order valence-electron chi connectivity index (χ4n) is 3.85. The number of hydrogen-bond acceptors (Lipinski definition) is 4. The molecule has 1 aliphatic heterocycles. The molecule has 0 radical (unpaired) electrons. The first-order chi connectivity index (χ1) is 14.7. The predicted octanol–water partition coefficient (Wildman–Crippen LogP) is 6.07. The van der Waals surface area contributed by atoms with Crippen LogP contribution in [0.2, 0.25) is 5.02 Å². The molecule has 1 heterocycles. The lowest BCUT2D eigenvalue weighted by atomic mass is 10.0. The van der Waals surface area contributed by atoms with Crippen LogP contribution in [0.1, 0.15) is 51.0 Å². The van der Waals surface area contributed by atoms with Crippen LogP contribution in [0, 0.1) is 0 Å². The van der Waals surface area contributed by atoms with Crippen LogP contribution in [0.25, 0.3) is 11.1 Å². The zero-order valence-electron chi connectivity index (χ0n) is 17.8. The Morgan fingerprint density at radius 2 is 1.73 bits per heavy atom. The molecular weight excluding hydrogens is 398 g/mol. The molecule has 4 nitrogen and oxygen atoms in total. The smallest absolute Gasteiger partial charge is 0.305 e. The van der Waals surface area contributed by atoms with E-state index in [1.54, 1.807) is 0 Å². The molecule has 1 atom stereocenters. The van der Waals surface area contributed by atoms with Gasteiger partial charge >= 0.3 is 5.97 Å². The van der Waals surface area contributed by atoms with Gasteiger partial charge in [0.05, 0.1) is 13.2 Å². The summed E-state index contributed by atoms with van der Waals surface area (Å²) in [4.78, 5) is 13.9. The Labute approximate surface area is 185 Å². The van der Waals surface area contributed by atoms with Crippen LogP contribution in [0.15, 0.2) is 48.5 Å². The first-order valence-electron chi connectivity index (χ1n) is 11.0. The predicted molar refractivity (Wildman–Crippen MR) is 121 cm³/mol. The number of carbonyl (C=O) groups is 1. The number of carbonyl (C=O) groups excluding carboxylic acids is 1. The van der Waals surface area contributed by atoms with Gasteiger partial charge in [-0.05, 0) is 67.9 Å². The molecule has 0 aliphatic carbocycles. The molecule has 0 N–H and O–H groups in total. The van der Waals surface area contributed by atoms with E-state index >= 15 is 0 Å². The molecule has 3 rings (SSSR count). The third-order valence-corrected chi connectivity index (χ3v) is 5.76. The van der Waals surface area contributed by atoms with E-state index in [1.807, 2.05) is 31.2 Å². The molecular formula is C25H32ClNO3. The highest BCUT2D eigenvalue weighted by atomic mass is 35.5. The van der Waals surface area contributed by atoms with Crippen molar-refractivity contribution in [3.05, 3.63) is 59.1 Å². The summed E-state index contributed by atoms with van der Waals surface area (Å²) >= 11 is 5.98. The maximum Gasteiger partial charge on any atom is 0.305 e. The summed E-state index contributed by atoms with van der Waals surface area (Å²) in [6.45, 7) is 4.96. The number of benzene rings is 2. The van der Waals surface area contributed by atoms with Crippen molar-refractivity contribution in [1.82, 2.24) is 4.90 Å². The fourth-order valence-corrected chi connectivity index (χ4v) is 3.98. The van der Waals surface area contributed by atoms with E-state index in [9.17, 15) is 4.79 Å².